The molecule has 0 aromatic heterocycles. The molecule has 4 nitrogen and oxygen atoms in total. The SMILES string of the molecule is O=C(Nc1cccc2cc3ccccc3cc12)C(O)CO. The van der Waals surface area contributed by atoms with Crippen LogP contribution in [0.4, 0.5) is 5.69 Å². The number of fused-ring (bicyclic) bond motifs is 2. The molecule has 0 fully saturated rings. The third-order valence-corrected chi connectivity index (χ3v) is 3.48. The monoisotopic (exact) mass is 281 g/mol. The highest BCUT2D eigenvalue weighted by Gasteiger charge is 2.14. The first-order valence-corrected chi connectivity index (χ1v) is 6.70. The van der Waals surface area contributed by atoms with Crippen molar-refractivity contribution in [2.75, 3.05) is 11.9 Å². The Balaban J connectivity index is 2.10. The van der Waals surface area contributed by atoms with Crippen LogP contribution in [0.5, 0.6) is 0 Å². The summed E-state index contributed by atoms with van der Waals surface area (Å²) in [5.41, 5.74) is 0.621. The highest BCUT2D eigenvalue weighted by atomic mass is 16.3. The standard InChI is InChI=1S/C17H15NO3/c19-10-16(20)17(21)18-15-7-3-6-13-8-11-4-1-2-5-12(11)9-14(13)15/h1-9,16,19-20H,10H2,(H,18,21). The van der Waals surface area contributed by atoms with Crippen molar-refractivity contribution in [2.45, 2.75) is 6.10 Å². The molecule has 0 aliphatic rings. The number of aliphatic hydroxyl groups is 2. The van der Waals surface area contributed by atoms with E-state index >= 15 is 0 Å². The van der Waals surface area contributed by atoms with Crippen molar-refractivity contribution >= 4 is 33.1 Å². The number of amides is 1. The predicted octanol–water partition coefficient (Wildman–Crippen LogP) is 2.28. The molecule has 0 aliphatic carbocycles. The largest absolute Gasteiger partial charge is 0.393 e. The Labute approximate surface area is 121 Å². The van der Waals surface area contributed by atoms with Crippen LogP contribution in [0.2, 0.25) is 0 Å². The number of hydrogen-bond donors (Lipinski definition) is 3. The number of nitrogens with one attached hydrogen (secondary N) is 1. The van der Waals surface area contributed by atoms with Crippen molar-refractivity contribution in [2.24, 2.45) is 0 Å². The van der Waals surface area contributed by atoms with Gasteiger partial charge in [-0.3, -0.25) is 4.79 Å². The van der Waals surface area contributed by atoms with Crippen LogP contribution in [-0.4, -0.2) is 28.8 Å². The average Bonchev–Trinajstić information content (AvgIpc) is 2.52. The maximum Gasteiger partial charge on any atom is 0.255 e. The summed E-state index contributed by atoms with van der Waals surface area (Å²) in [5.74, 6) is -0.613. The lowest BCUT2D eigenvalue weighted by Gasteiger charge is -2.12. The van der Waals surface area contributed by atoms with Crippen molar-refractivity contribution in [3.8, 4) is 0 Å². The van der Waals surface area contributed by atoms with Crippen LogP contribution in [0.25, 0.3) is 21.5 Å². The first-order chi connectivity index (χ1) is 10.2. The summed E-state index contributed by atoms with van der Waals surface area (Å²) in [4.78, 5) is 11.7. The van der Waals surface area contributed by atoms with E-state index < -0.39 is 18.6 Å². The van der Waals surface area contributed by atoms with Gasteiger partial charge in [0.15, 0.2) is 6.10 Å². The Hall–Kier alpha value is -2.43. The minimum absolute atomic E-state index is 0.598. The molecule has 1 unspecified atom stereocenters. The molecule has 0 saturated carbocycles. The number of carbonyl (C=O) groups is 1. The van der Waals surface area contributed by atoms with Gasteiger partial charge in [-0.25, -0.2) is 0 Å². The highest BCUT2D eigenvalue weighted by molar-refractivity contribution is 6.08. The Morgan fingerprint density at radius 2 is 1.67 bits per heavy atom. The van der Waals surface area contributed by atoms with E-state index in [0.29, 0.717) is 5.69 Å². The van der Waals surface area contributed by atoms with Crippen molar-refractivity contribution in [1.29, 1.82) is 0 Å². The van der Waals surface area contributed by atoms with Crippen LogP contribution in [0.3, 0.4) is 0 Å². The molecule has 4 heteroatoms. The average molecular weight is 281 g/mol. The number of anilines is 1. The molecule has 0 spiro atoms. The van der Waals surface area contributed by atoms with Crippen LogP contribution in [0.15, 0.2) is 54.6 Å². The normalized spacial score (nSPS) is 12.5. The van der Waals surface area contributed by atoms with Gasteiger partial charge in [0, 0.05) is 11.1 Å². The van der Waals surface area contributed by atoms with E-state index in [-0.39, 0.29) is 0 Å². The van der Waals surface area contributed by atoms with Gasteiger partial charge in [-0.05, 0) is 34.4 Å². The summed E-state index contributed by atoms with van der Waals surface area (Å²) in [6.45, 7) is -0.598. The summed E-state index contributed by atoms with van der Waals surface area (Å²) in [6, 6.07) is 17.7. The van der Waals surface area contributed by atoms with Gasteiger partial charge in [-0.2, -0.15) is 0 Å². The quantitative estimate of drug-likeness (QED) is 0.645. The lowest BCUT2D eigenvalue weighted by atomic mass is 10.0. The molecule has 1 atom stereocenters. The van der Waals surface area contributed by atoms with Crippen molar-refractivity contribution < 1.29 is 15.0 Å². The number of aliphatic hydroxyl groups excluding tert-OH is 2. The van der Waals surface area contributed by atoms with Crippen molar-refractivity contribution in [3.05, 3.63) is 54.6 Å². The zero-order valence-electron chi connectivity index (χ0n) is 11.3. The Bertz CT molecular complexity index is 813. The van der Waals surface area contributed by atoms with Gasteiger partial charge in [0.05, 0.1) is 6.61 Å². The maximum atomic E-state index is 11.7. The van der Waals surface area contributed by atoms with E-state index in [1.807, 2.05) is 42.5 Å². The molecule has 0 saturated heterocycles. The minimum Gasteiger partial charge on any atom is -0.393 e. The van der Waals surface area contributed by atoms with Crippen molar-refractivity contribution in [3.63, 3.8) is 0 Å². The number of benzene rings is 3. The highest BCUT2D eigenvalue weighted by Crippen LogP contribution is 2.28. The molecule has 0 bridgehead atoms. The second-order valence-corrected chi connectivity index (χ2v) is 4.91. The van der Waals surface area contributed by atoms with Crippen LogP contribution >= 0.6 is 0 Å². The van der Waals surface area contributed by atoms with Gasteiger partial charge in [0.25, 0.3) is 5.91 Å². The van der Waals surface area contributed by atoms with E-state index in [1.165, 1.54) is 0 Å². The minimum atomic E-state index is -1.42. The third kappa shape index (κ3) is 2.59. The van der Waals surface area contributed by atoms with Gasteiger partial charge in [-0.1, -0.05) is 36.4 Å². The molecule has 3 aromatic carbocycles. The van der Waals surface area contributed by atoms with Gasteiger partial charge >= 0.3 is 0 Å². The fourth-order valence-electron chi connectivity index (χ4n) is 2.37. The third-order valence-electron chi connectivity index (χ3n) is 3.48. The van der Waals surface area contributed by atoms with E-state index in [4.69, 9.17) is 5.11 Å². The summed E-state index contributed by atoms with van der Waals surface area (Å²) in [5, 5.41) is 25.0. The van der Waals surface area contributed by atoms with Crippen molar-refractivity contribution in [1.82, 2.24) is 0 Å². The lowest BCUT2D eigenvalue weighted by Crippen LogP contribution is -2.30. The molecule has 0 aliphatic heterocycles. The molecular formula is C17H15NO3. The van der Waals surface area contributed by atoms with Crippen LogP contribution < -0.4 is 5.32 Å². The molecule has 3 rings (SSSR count). The first-order valence-electron chi connectivity index (χ1n) is 6.70. The Morgan fingerprint density at radius 1 is 1.00 bits per heavy atom. The molecular weight excluding hydrogens is 266 g/mol. The van der Waals surface area contributed by atoms with E-state index in [0.717, 1.165) is 21.5 Å². The molecule has 21 heavy (non-hydrogen) atoms. The molecule has 0 radical (unpaired) electrons. The zero-order chi connectivity index (χ0) is 14.8. The molecule has 3 N–H and O–H groups in total. The summed E-state index contributed by atoms with van der Waals surface area (Å²) in [6.07, 6.45) is -1.42. The van der Waals surface area contributed by atoms with Gasteiger partial charge < -0.3 is 15.5 Å². The first kappa shape index (κ1) is 13.5. The number of carbonyl (C=O) groups excluding carboxylic acids is 1. The second-order valence-electron chi connectivity index (χ2n) is 4.91. The van der Waals surface area contributed by atoms with E-state index in [9.17, 15) is 9.90 Å². The van der Waals surface area contributed by atoms with Gasteiger partial charge in [-0.15, -0.1) is 0 Å². The molecule has 3 aromatic rings. The second kappa shape index (κ2) is 5.52. The van der Waals surface area contributed by atoms with Gasteiger partial charge in [0.2, 0.25) is 0 Å². The van der Waals surface area contributed by atoms with Crippen LogP contribution in [-0.2, 0) is 4.79 Å². The fourth-order valence-corrected chi connectivity index (χ4v) is 2.37. The summed E-state index contributed by atoms with van der Waals surface area (Å²) < 4.78 is 0. The Morgan fingerprint density at radius 3 is 2.38 bits per heavy atom. The zero-order valence-corrected chi connectivity index (χ0v) is 11.3. The van der Waals surface area contributed by atoms with Crippen LogP contribution in [0.1, 0.15) is 0 Å². The number of rotatable bonds is 3. The topological polar surface area (TPSA) is 69.6 Å². The molecule has 106 valence electrons. The van der Waals surface area contributed by atoms with E-state index in [1.54, 1.807) is 6.07 Å². The smallest absolute Gasteiger partial charge is 0.255 e. The number of hydrogen-bond acceptors (Lipinski definition) is 3. The Kier molecular flexibility index (Phi) is 3.56. The lowest BCUT2D eigenvalue weighted by molar-refractivity contribution is -0.125. The summed E-state index contributed by atoms with van der Waals surface area (Å²) >= 11 is 0. The maximum absolute atomic E-state index is 11.7. The molecule has 0 heterocycles. The predicted molar refractivity (Wildman–Crippen MR) is 83.2 cm³/mol. The fraction of sp³-hybridized carbons (Fsp3) is 0.118. The summed E-state index contributed by atoms with van der Waals surface area (Å²) in [7, 11) is 0. The molecule has 1 amide bonds. The van der Waals surface area contributed by atoms with Gasteiger partial charge in [0.1, 0.15) is 0 Å². The van der Waals surface area contributed by atoms with Crippen LogP contribution in [0, 0.1) is 0 Å². The van der Waals surface area contributed by atoms with E-state index in [2.05, 4.69) is 11.4 Å².